The van der Waals surface area contributed by atoms with Crippen molar-refractivity contribution in [2.45, 2.75) is 58.3 Å². The van der Waals surface area contributed by atoms with E-state index in [1.54, 1.807) is 6.92 Å². The fourth-order valence-corrected chi connectivity index (χ4v) is 1.41. The van der Waals surface area contributed by atoms with E-state index < -0.39 is 18.3 Å². The lowest BCUT2D eigenvalue weighted by Gasteiger charge is -2.09. The van der Waals surface area contributed by atoms with Crippen LogP contribution in [0, 0.1) is 0 Å². The molecule has 2 nitrogen and oxygen atoms in total. The first-order valence-corrected chi connectivity index (χ1v) is 6.24. The number of allylic oxidation sites excluding steroid dienone is 1. The lowest BCUT2D eigenvalue weighted by atomic mass is 10.1. The van der Waals surface area contributed by atoms with E-state index in [0.29, 0.717) is 6.42 Å². The Morgan fingerprint density at radius 1 is 1.24 bits per heavy atom. The minimum atomic E-state index is -1.72. The molecule has 0 heterocycles. The predicted octanol–water partition coefficient (Wildman–Crippen LogP) is 3.75. The largest absolute Gasteiger partial charge is 0.463 e. The zero-order valence-corrected chi connectivity index (χ0v) is 10.6. The molecule has 0 fully saturated rings. The maximum Gasteiger partial charge on any atom is 0.330 e. The van der Waals surface area contributed by atoms with Crippen molar-refractivity contribution in [3.8, 4) is 0 Å². The number of unbranched alkanes of at least 4 members (excludes halogenated alkanes) is 3. The Balaban J connectivity index is 3.80. The first kappa shape index (κ1) is 16.1. The standard InChI is InChI=1S/C13H22F2O2/c1-3-5-6-7-8-11(14)12(15)9-10-13(16)17-4-2/h9-12H,3-8H2,1-2H3/b10-9+. The van der Waals surface area contributed by atoms with Crippen molar-refractivity contribution >= 4 is 5.97 Å². The summed E-state index contributed by atoms with van der Waals surface area (Å²) in [6, 6.07) is 0. The minimum absolute atomic E-state index is 0.203. The van der Waals surface area contributed by atoms with E-state index in [9.17, 15) is 13.6 Å². The van der Waals surface area contributed by atoms with Crippen LogP contribution in [0.1, 0.15) is 46.0 Å². The van der Waals surface area contributed by atoms with Crippen LogP contribution in [0.2, 0.25) is 0 Å². The van der Waals surface area contributed by atoms with Crippen LogP contribution in [0.5, 0.6) is 0 Å². The van der Waals surface area contributed by atoms with Crippen molar-refractivity contribution < 1.29 is 18.3 Å². The average molecular weight is 248 g/mol. The molecule has 2 unspecified atom stereocenters. The Hall–Kier alpha value is -0.930. The summed E-state index contributed by atoms with van der Waals surface area (Å²) in [6.07, 6.45) is 2.55. The fourth-order valence-electron chi connectivity index (χ4n) is 1.41. The highest BCUT2D eigenvalue weighted by Gasteiger charge is 2.17. The van der Waals surface area contributed by atoms with Crippen molar-refractivity contribution in [2.75, 3.05) is 6.61 Å². The van der Waals surface area contributed by atoms with Gasteiger partial charge in [-0.2, -0.15) is 0 Å². The van der Waals surface area contributed by atoms with Gasteiger partial charge in [-0.3, -0.25) is 0 Å². The molecule has 2 atom stereocenters. The highest BCUT2D eigenvalue weighted by atomic mass is 19.2. The highest BCUT2D eigenvalue weighted by Crippen LogP contribution is 2.14. The predicted molar refractivity (Wildman–Crippen MR) is 64.3 cm³/mol. The third kappa shape index (κ3) is 8.83. The highest BCUT2D eigenvalue weighted by molar-refractivity contribution is 5.81. The van der Waals surface area contributed by atoms with Gasteiger partial charge in [-0.05, 0) is 19.4 Å². The smallest absolute Gasteiger partial charge is 0.330 e. The van der Waals surface area contributed by atoms with Gasteiger partial charge in [0.1, 0.15) is 12.3 Å². The molecule has 0 saturated carbocycles. The van der Waals surface area contributed by atoms with Gasteiger partial charge in [0.05, 0.1) is 6.61 Å². The van der Waals surface area contributed by atoms with Gasteiger partial charge >= 0.3 is 5.97 Å². The van der Waals surface area contributed by atoms with Gasteiger partial charge in [0.25, 0.3) is 0 Å². The zero-order chi connectivity index (χ0) is 13.1. The maximum absolute atomic E-state index is 13.3. The summed E-state index contributed by atoms with van der Waals surface area (Å²) in [5.41, 5.74) is 0. The molecule has 0 radical (unpaired) electrons. The summed E-state index contributed by atoms with van der Waals surface area (Å²) in [5, 5.41) is 0. The summed E-state index contributed by atoms with van der Waals surface area (Å²) in [4.78, 5) is 10.9. The van der Waals surface area contributed by atoms with Gasteiger partial charge in [-0.15, -0.1) is 0 Å². The van der Waals surface area contributed by atoms with Crippen LogP contribution >= 0.6 is 0 Å². The number of halogens is 2. The summed E-state index contributed by atoms with van der Waals surface area (Å²) < 4.78 is 31.1. The number of hydrogen-bond donors (Lipinski definition) is 0. The number of carbonyl (C=O) groups is 1. The van der Waals surface area contributed by atoms with Gasteiger partial charge < -0.3 is 4.74 Å². The fraction of sp³-hybridized carbons (Fsp3) is 0.769. The Kier molecular flexibility index (Phi) is 9.68. The van der Waals surface area contributed by atoms with E-state index >= 15 is 0 Å². The van der Waals surface area contributed by atoms with Gasteiger partial charge in [0.2, 0.25) is 0 Å². The molecule has 4 heteroatoms. The first-order chi connectivity index (χ1) is 8.11. The summed E-state index contributed by atoms with van der Waals surface area (Å²) in [6.45, 7) is 3.95. The SMILES string of the molecule is CCCCCCC(F)C(F)/C=C/C(=O)OCC. The lowest BCUT2D eigenvalue weighted by Crippen LogP contribution is -2.15. The lowest BCUT2D eigenvalue weighted by molar-refractivity contribution is -0.137. The van der Waals surface area contributed by atoms with E-state index in [4.69, 9.17) is 0 Å². The Labute approximate surface area is 102 Å². The second kappa shape index (κ2) is 10.2. The van der Waals surface area contributed by atoms with E-state index in [1.807, 2.05) is 0 Å². The molecule has 0 N–H and O–H groups in total. The number of hydrogen-bond acceptors (Lipinski definition) is 2. The molecule has 0 aromatic carbocycles. The second-order valence-electron chi connectivity index (χ2n) is 3.92. The molecule has 0 saturated heterocycles. The number of ether oxygens (including phenoxy) is 1. The molecule has 0 aromatic rings. The average Bonchev–Trinajstić information content (AvgIpc) is 2.31. The molecule has 0 aromatic heterocycles. The number of alkyl halides is 2. The van der Waals surface area contributed by atoms with E-state index in [2.05, 4.69) is 11.7 Å². The minimum Gasteiger partial charge on any atom is -0.463 e. The molecule has 0 aliphatic rings. The quantitative estimate of drug-likeness (QED) is 0.353. The van der Waals surface area contributed by atoms with Crippen LogP contribution < -0.4 is 0 Å². The molecule has 0 rings (SSSR count). The first-order valence-electron chi connectivity index (χ1n) is 6.24. The molecular weight excluding hydrogens is 226 g/mol. The topological polar surface area (TPSA) is 26.3 Å². The molecule has 17 heavy (non-hydrogen) atoms. The third-order valence-electron chi connectivity index (χ3n) is 2.38. The normalized spacial score (nSPS) is 14.8. The zero-order valence-electron chi connectivity index (χ0n) is 10.6. The maximum atomic E-state index is 13.3. The molecule has 0 aliphatic carbocycles. The Morgan fingerprint density at radius 2 is 1.94 bits per heavy atom. The molecule has 0 aliphatic heterocycles. The van der Waals surface area contributed by atoms with Gasteiger partial charge in [-0.25, -0.2) is 13.6 Å². The van der Waals surface area contributed by atoms with E-state index in [1.165, 1.54) is 0 Å². The van der Waals surface area contributed by atoms with Crippen molar-refractivity contribution in [3.05, 3.63) is 12.2 Å². The van der Waals surface area contributed by atoms with Crippen LogP contribution in [0.15, 0.2) is 12.2 Å². The van der Waals surface area contributed by atoms with E-state index in [-0.39, 0.29) is 13.0 Å². The van der Waals surface area contributed by atoms with Gasteiger partial charge in [0.15, 0.2) is 0 Å². The van der Waals surface area contributed by atoms with Crippen molar-refractivity contribution in [1.82, 2.24) is 0 Å². The molecule has 100 valence electrons. The Bertz CT molecular complexity index is 229. The van der Waals surface area contributed by atoms with Gasteiger partial charge in [-0.1, -0.05) is 32.6 Å². The van der Waals surface area contributed by atoms with Crippen LogP contribution in [-0.2, 0) is 9.53 Å². The van der Waals surface area contributed by atoms with Crippen LogP contribution in [0.25, 0.3) is 0 Å². The number of carbonyl (C=O) groups excluding carboxylic acids is 1. The van der Waals surface area contributed by atoms with Crippen molar-refractivity contribution in [1.29, 1.82) is 0 Å². The van der Waals surface area contributed by atoms with Crippen LogP contribution in [0.4, 0.5) is 8.78 Å². The number of esters is 1. The van der Waals surface area contributed by atoms with Crippen molar-refractivity contribution in [3.63, 3.8) is 0 Å². The second-order valence-corrected chi connectivity index (χ2v) is 3.92. The van der Waals surface area contributed by atoms with E-state index in [0.717, 1.165) is 31.4 Å². The summed E-state index contributed by atoms with van der Waals surface area (Å²) in [5.74, 6) is -0.631. The van der Waals surface area contributed by atoms with Crippen LogP contribution in [0.3, 0.4) is 0 Å². The van der Waals surface area contributed by atoms with Crippen molar-refractivity contribution in [2.24, 2.45) is 0 Å². The molecule has 0 spiro atoms. The third-order valence-corrected chi connectivity index (χ3v) is 2.38. The van der Waals surface area contributed by atoms with Gasteiger partial charge in [0, 0.05) is 6.08 Å². The molecule has 0 amide bonds. The Morgan fingerprint density at radius 3 is 2.53 bits per heavy atom. The molecular formula is C13H22F2O2. The molecule has 0 bridgehead atoms. The summed E-state index contributed by atoms with van der Waals surface area (Å²) >= 11 is 0. The number of rotatable bonds is 9. The van der Waals surface area contributed by atoms with Crippen LogP contribution in [-0.4, -0.2) is 24.9 Å². The monoisotopic (exact) mass is 248 g/mol. The summed E-state index contributed by atoms with van der Waals surface area (Å²) in [7, 11) is 0.